The smallest absolute Gasteiger partial charge is 0.462 e. The van der Waals surface area contributed by atoms with E-state index < -0.39 is 23.3 Å². The van der Waals surface area contributed by atoms with Crippen LogP contribution in [0.2, 0.25) is 0 Å². The third-order valence-corrected chi connectivity index (χ3v) is 12.2. The minimum Gasteiger partial charge on any atom is -0.462 e. The number of piperazine rings is 1. The molecule has 1 amide bonds. The van der Waals surface area contributed by atoms with Gasteiger partial charge >= 0.3 is 18.1 Å². The summed E-state index contributed by atoms with van der Waals surface area (Å²) in [4.78, 5) is 50.2. The number of amides is 1. The van der Waals surface area contributed by atoms with E-state index in [9.17, 15) is 24.3 Å². The van der Waals surface area contributed by atoms with Gasteiger partial charge in [0.25, 0.3) is 0 Å². The molecule has 0 aromatic heterocycles. The van der Waals surface area contributed by atoms with Crippen LogP contribution in [0.3, 0.4) is 0 Å². The van der Waals surface area contributed by atoms with Crippen LogP contribution in [-0.4, -0.2) is 91.2 Å². The molecule has 0 bridgehead atoms. The summed E-state index contributed by atoms with van der Waals surface area (Å²) in [5.74, 6) is -0.324. The van der Waals surface area contributed by atoms with Gasteiger partial charge in [-0.25, -0.2) is 9.59 Å². The zero-order valence-electron chi connectivity index (χ0n) is 25.6. The van der Waals surface area contributed by atoms with Crippen LogP contribution in [-0.2, 0) is 33.3 Å². The molecule has 9 unspecified atom stereocenters. The highest BCUT2D eigenvalue weighted by Crippen LogP contribution is 2.70. The van der Waals surface area contributed by atoms with Gasteiger partial charge in [0.1, 0.15) is 25.4 Å². The SMILES string of the molecule is CC(=O)OC1CC2(O)C3CCC4CC(OC(=O)OCCN5CCNC(=O)C5)CCC4(C)C3CCC2(C)C1C1=CC(=O)OC1. The van der Waals surface area contributed by atoms with E-state index in [-0.39, 0.29) is 54.4 Å². The number of esters is 2. The summed E-state index contributed by atoms with van der Waals surface area (Å²) in [6, 6.07) is 0. The molecule has 0 aromatic rings. The van der Waals surface area contributed by atoms with Crippen molar-refractivity contribution in [3.05, 3.63) is 11.6 Å². The maximum absolute atomic E-state index is 12.7. The number of hydrogen-bond donors (Lipinski definition) is 2. The molecule has 0 aromatic carbocycles. The fraction of sp³-hybridized carbons (Fsp3) is 0.812. The van der Waals surface area contributed by atoms with E-state index in [0.29, 0.717) is 37.9 Å². The topological polar surface area (TPSA) is 141 Å². The lowest BCUT2D eigenvalue weighted by Crippen LogP contribution is -2.62. The van der Waals surface area contributed by atoms with Gasteiger partial charge in [-0.3, -0.25) is 14.5 Å². The van der Waals surface area contributed by atoms with Gasteiger partial charge in [0.2, 0.25) is 5.91 Å². The first-order chi connectivity index (χ1) is 20.4. The van der Waals surface area contributed by atoms with E-state index in [0.717, 1.165) is 57.1 Å². The zero-order chi connectivity index (χ0) is 30.6. The Morgan fingerprint density at radius 3 is 2.65 bits per heavy atom. The summed E-state index contributed by atoms with van der Waals surface area (Å²) in [5.41, 5.74) is -0.759. The Morgan fingerprint density at radius 2 is 1.93 bits per heavy atom. The second-order valence-corrected chi connectivity index (χ2v) is 14.3. The van der Waals surface area contributed by atoms with Crippen LogP contribution >= 0.6 is 0 Å². The van der Waals surface area contributed by atoms with Crippen molar-refractivity contribution in [1.29, 1.82) is 0 Å². The molecule has 4 aliphatic carbocycles. The van der Waals surface area contributed by atoms with Crippen molar-refractivity contribution < 1.29 is 43.2 Å². The van der Waals surface area contributed by atoms with Gasteiger partial charge in [-0.2, -0.15) is 0 Å². The molecule has 6 rings (SSSR count). The van der Waals surface area contributed by atoms with Crippen molar-refractivity contribution in [2.45, 2.75) is 89.9 Å². The predicted octanol–water partition coefficient (Wildman–Crippen LogP) is 2.74. The Labute approximate surface area is 253 Å². The molecule has 9 atom stereocenters. The highest BCUT2D eigenvalue weighted by molar-refractivity contribution is 5.85. The van der Waals surface area contributed by atoms with Gasteiger partial charge in [0, 0.05) is 50.4 Å². The van der Waals surface area contributed by atoms with Crippen molar-refractivity contribution in [1.82, 2.24) is 10.2 Å². The number of aliphatic hydroxyl groups is 1. The van der Waals surface area contributed by atoms with E-state index in [1.54, 1.807) is 0 Å². The number of nitrogens with one attached hydrogen (secondary N) is 1. The Balaban J connectivity index is 1.10. The second-order valence-electron chi connectivity index (χ2n) is 14.3. The van der Waals surface area contributed by atoms with E-state index in [4.69, 9.17) is 18.9 Å². The molecule has 2 N–H and O–H groups in total. The van der Waals surface area contributed by atoms with Crippen LogP contribution in [0.4, 0.5) is 4.79 Å². The van der Waals surface area contributed by atoms with Crippen molar-refractivity contribution in [3.63, 3.8) is 0 Å². The first-order valence-electron chi connectivity index (χ1n) is 16.0. The van der Waals surface area contributed by atoms with Crippen molar-refractivity contribution in [2.75, 3.05) is 39.4 Å². The van der Waals surface area contributed by atoms with Crippen LogP contribution in [0.5, 0.6) is 0 Å². The van der Waals surface area contributed by atoms with Crippen LogP contribution < -0.4 is 5.32 Å². The van der Waals surface area contributed by atoms with E-state index >= 15 is 0 Å². The average Bonchev–Trinajstić information content (AvgIpc) is 3.45. The van der Waals surface area contributed by atoms with E-state index in [1.165, 1.54) is 13.0 Å². The van der Waals surface area contributed by atoms with E-state index in [2.05, 4.69) is 19.2 Å². The Hall–Kier alpha value is -2.66. The highest BCUT2D eigenvalue weighted by atomic mass is 16.7. The number of rotatable bonds is 6. The number of nitrogens with zero attached hydrogens (tertiary/aromatic N) is 1. The fourth-order valence-corrected chi connectivity index (χ4v) is 10.2. The molecule has 5 fully saturated rings. The van der Waals surface area contributed by atoms with Crippen molar-refractivity contribution >= 4 is 24.0 Å². The molecular formula is C32H46N2O9. The number of hydrogen-bond acceptors (Lipinski definition) is 10. The molecule has 1 saturated heterocycles. The normalized spacial score (nSPS) is 42.5. The second kappa shape index (κ2) is 11.4. The molecule has 0 radical (unpaired) electrons. The van der Waals surface area contributed by atoms with Crippen LogP contribution in [0.15, 0.2) is 11.6 Å². The molecule has 43 heavy (non-hydrogen) atoms. The zero-order valence-corrected chi connectivity index (χ0v) is 25.6. The molecule has 2 heterocycles. The number of cyclic esters (lactones) is 1. The van der Waals surface area contributed by atoms with Gasteiger partial charge < -0.3 is 29.4 Å². The fourth-order valence-electron chi connectivity index (χ4n) is 10.2. The Kier molecular flexibility index (Phi) is 8.03. The summed E-state index contributed by atoms with van der Waals surface area (Å²) < 4.78 is 22.2. The summed E-state index contributed by atoms with van der Waals surface area (Å²) in [6.07, 6.45) is 6.47. The van der Waals surface area contributed by atoms with Crippen LogP contribution in [0, 0.1) is 34.5 Å². The number of fused-ring (bicyclic) bond motifs is 5. The first kappa shape index (κ1) is 30.4. The van der Waals surface area contributed by atoms with Gasteiger partial charge in [0.15, 0.2) is 0 Å². The molecular weight excluding hydrogens is 556 g/mol. The predicted molar refractivity (Wildman–Crippen MR) is 152 cm³/mol. The molecule has 4 saturated carbocycles. The molecule has 11 nitrogen and oxygen atoms in total. The molecule has 2 aliphatic heterocycles. The highest BCUT2D eigenvalue weighted by Gasteiger charge is 2.71. The van der Waals surface area contributed by atoms with E-state index in [1.807, 2.05) is 4.90 Å². The first-order valence-corrected chi connectivity index (χ1v) is 16.0. The van der Waals surface area contributed by atoms with Crippen LogP contribution in [0.25, 0.3) is 0 Å². The Morgan fingerprint density at radius 1 is 1.12 bits per heavy atom. The van der Waals surface area contributed by atoms with Gasteiger partial charge in [0.05, 0.1) is 12.1 Å². The minimum atomic E-state index is -1.03. The van der Waals surface area contributed by atoms with Gasteiger partial charge in [-0.1, -0.05) is 13.8 Å². The lowest BCUT2D eigenvalue weighted by Gasteiger charge is -2.63. The minimum absolute atomic E-state index is 0.000698. The lowest BCUT2D eigenvalue weighted by atomic mass is 9.43. The Bertz CT molecular complexity index is 1190. The summed E-state index contributed by atoms with van der Waals surface area (Å²) in [5, 5.41) is 15.4. The van der Waals surface area contributed by atoms with Gasteiger partial charge in [-0.15, -0.1) is 0 Å². The third kappa shape index (κ3) is 5.34. The maximum atomic E-state index is 12.7. The number of carbonyl (C=O) groups is 4. The summed E-state index contributed by atoms with van der Waals surface area (Å²) >= 11 is 0. The molecule has 11 heteroatoms. The quantitative estimate of drug-likeness (QED) is 0.344. The standard InChI is InChI=1S/C32H46N2O9/c1-19(35)42-25-16-32(39)24-5-4-21-15-22(43-29(38)40-13-12-34-11-10-33-26(36)17-34)6-8-30(21,2)23(24)7-9-31(32,3)28(25)20-14-27(37)41-18-20/h14,21-25,28,39H,4-13,15-18H2,1-3H3,(H,33,36). The summed E-state index contributed by atoms with van der Waals surface area (Å²) in [7, 11) is 0. The lowest BCUT2D eigenvalue weighted by molar-refractivity contribution is -0.208. The largest absolute Gasteiger partial charge is 0.508 e. The van der Waals surface area contributed by atoms with Crippen molar-refractivity contribution in [3.8, 4) is 0 Å². The molecule has 6 aliphatic rings. The number of carbonyl (C=O) groups excluding carboxylic acids is 4. The average molecular weight is 603 g/mol. The van der Waals surface area contributed by atoms with Crippen LogP contribution in [0.1, 0.15) is 72.1 Å². The third-order valence-electron chi connectivity index (χ3n) is 12.2. The molecule has 0 spiro atoms. The summed E-state index contributed by atoms with van der Waals surface area (Å²) in [6.45, 7) is 8.39. The maximum Gasteiger partial charge on any atom is 0.508 e. The van der Waals surface area contributed by atoms with Gasteiger partial charge in [-0.05, 0) is 73.7 Å². The monoisotopic (exact) mass is 602 g/mol. The molecule has 238 valence electrons. The van der Waals surface area contributed by atoms with Crippen molar-refractivity contribution in [2.24, 2.45) is 34.5 Å². The number of ether oxygens (including phenoxy) is 4.